The Bertz CT molecular complexity index is 978. The molecule has 1 aliphatic rings. The molecule has 1 amide bonds. The normalized spacial score (nSPS) is 16.9. The van der Waals surface area contributed by atoms with Crippen molar-refractivity contribution in [3.8, 4) is 11.5 Å². The van der Waals surface area contributed by atoms with Crippen molar-refractivity contribution in [1.29, 1.82) is 0 Å². The lowest BCUT2D eigenvalue weighted by molar-refractivity contribution is -0.121. The number of thioether (sulfide) groups is 1. The van der Waals surface area contributed by atoms with Crippen molar-refractivity contribution in [2.75, 3.05) is 21.2 Å². The van der Waals surface area contributed by atoms with Gasteiger partial charge in [0, 0.05) is 17.7 Å². The molecule has 1 fully saturated rings. The molecular formula is C20H18ClIN2O3S. The number of halogens is 2. The number of rotatable bonds is 5. The van der Waals surface area contributed by atoms with Gasteiger partial charge in [-0.1, -0.05) is 23.7 Å². The standard InChI is InChI=1S/C20H18ClIN2O3S/c1-23-20-24(2)19(25)17(28-20)10-13-8-15(21)18(16(9-13)26-3)27-11-12-5-4-6-14(22)7-12/h4-10H,11H2,1-3H3/b17-10-,23-20?. The summed E-state index contributed by atoms with van der Waals surface area (Å²) < 4.78 is 12.5. The van der Waals surface area contributed by atoms with E-state index in [1.807, 2.05) is 24.3 Å². The Balaban J connectivity index is 1.86. The molecule has 1 heterocycles. The maximum absolute atomic E-state index is 12.3. The number of nitrogens with zero attached hydrogens (tertiary/aromatic N) is 2. The molecule has 0 bridgehead atoms. The summed E-state index contributed by atoms with van der Waals surface area (Å²) in [6.45, 7) is 0.378. The van der Waals surface area contributed by atoms with Crippen LogP contribution in [0.15, 0.2) is 46.3 Å². The zero-order valence-electron chi connectivity index (χ0n) is 15.5. The molecular weight excluding hydrogens is 511 g/mol. The predicted octanol–water partition coefficient (Wildman–Crippen LogP) is 5.06. The summed E-state index contributed by atoms with van der Waals surface area (Å²) in [6, 6.07) is 11.6. The van der Waals surface area contributed by atoms with Gasteiger partial charge in [0.2, 0.25) is 0 Å². The van der Waals surface area contributed by atoms with Crippen LogP contribution in [0.1, 0.15) is 11.1 Å². The zero-order valence-corrected chi connectivity index (χ0v) is 19.3. The van der Waals surface area contributed by atoms with E-state index in [1.165, 1.54) is 16.7 Å². The predicted molar refractivity (Wildman–Crippen MR) is 123 cm³/mol. The summed E-state index contributed by atoms with van der Waals surface area (Å²) >= 11 is 10.0. The molecule has 2 aromatic carbocycles. The lowest BCUT2D eigenvalue weighted by atomic mass is 10.1. The molecule has 5 nitrogen and oxygen atoms in total. The SMILES string of the molecule is CN=C1S/C(=C\c2cc(Cl)c(OCc3cccc(I)c3)c(OC)c2)C(=O)N1C. The first kappa shape index (κ1) is 21.0. The van der Waals surface area contributed by atoms with Crippen LogP contribution in [0.2, 0.25) is 5.02 Å². The van der Waals surface area contributed by atoms with Gasteiger partial charge in [0.15, 0.2) is 16.7 Å². The zero-order chi connectivity index (χ0) is 20.3. The van der Waals surface area contributed by atoms with E-state index in [2.05, 4.69) is 27.6 Å². The highest BCUT2D eigenvalue weighted by molar-refractivity contribution is 14.1. The quantitative estimate of drug-likeness (QED) is 0.402. The molecule has 0 atom stereocenters. The van der Waals surface area contributed by atoms with Crippen LogP contribution in [0.3, 0.4) is 0 Å². The van der Waals surface area contributed by atoms with Gasteiger partial charge in [-0.05, 0) is 75.8 Å². The molecule has 0 spiro atoms. The van der Waals surface area contributed by atoms with Crippen molar-refractivity contribution in [3.05, 3.63) is 61.0 Å². The summed E-state index contributed by atoms with van der Waals surface area (Å²) in [6.07, 6.45) is 1.78. The minimum absolute atomic E-state index is 0.0975. The van der Waals surface area contributed by atoms with Crippen LogP contribution >= 0.6 is 46.0 Å². The second kappa shape index (κ2) is 9.19. The van der Waals surface area contributed by atoms with Gasteiger partial charge in [-0.3, -0.25) is 14.7 Å². The maximum atomic E-state index is 12.3. The number of likely N-dealkylation sites (N-methyl/N-ethyl adjacent to an activating group) is 1. The number of carbonyl (C=O) groups excluding carboxylic acids is 1. The number of aliphatic imine (C=N–C) groups is 1. The Hall–Kier alpha value is -1.71. The van der Waals surface area contributed by atoms with Gasteiger partial charge in [0.25, 0.3) is 5.91 Å². The van der Waals surface area contributed by atoms with E-state index in [1.54, 1.807) is 39.4 Å². The molecule has 1 aliphatic heterocycles. The maximum Gasteiger partial charge on any atom is 0.266 e. The molecule has 0 aromatic heterocycles. The number of ether oxygens (including phenoxy) is 2. The molecule has 8 heteroatoms. The summed E-state index contributed by atoms with van der Waals surface area (Å²) in [5.74, 6) is 0.890. The van der Waals surface area contributed by atoms with Gasteiger partial charge in [-0.15, -0.1) is 0 Å². The molecule has 28 heavy (non-hydrogen) atoms. The first-order chi connectivity index (χ1) is 13.4. The summed E-state index contributed by atoms with van der Waals surface area (Å²) in [4.78, 5) is 18.5. The van der Waals surface area contributed by atoms with E-state index in [0.717, 1.165) is 14.7 Å². The lowest BCUT2D eigenvalue weighted by Crippen LogP contribution is -2.23. The molecule has 0 N–H and O–H groups in total. The number of amides is 1. The van der Waals surface area contributed by atoms with Crippen LogP contribution in [0, 0.1) is 3.57 Å². The number of benzene rings is 2. The van der Waals surface area contributed by atoms with E-state index >= 15 is 0 Å². The minimum atomic E-state index is -0.0975. The highest BCUT2D eigenvalue weighted by atomic mass is 127. The third kappa shape index (κ3) is 4.64. The molecule has 0 saturated carbocycles. The van der Waals surface area contributed by atoms with Gasteiger partial charge in [0.05, 0.1) is 17.0 Å². The van der Waals surface area contributed by atoms with Gasteiger partial charge >= 0.3 is 0 Å². The summed E-state index contributed by atoms with van der Waals surface area (Å²) in [7, 11) is 4.93. The van der Waals surface area contributed by atoms with Crippen LogP contribution in [-0.2, 0) is 11.4 Å². The monoisotopic (exact) mass is 528 g/mol. The lowest BCUT2D eigenvalue weighted by Gasteiger charge is -2.14. The fourth-order valence-corrected chi connectivity index (χ4v) is 4.45. The second-order valence-corrected chi connectivity index (χ2v) is 8.60. The Kier molecular flexibility index (Phi) is 6.90. The third-order valence-electron chi connectivity index (χ3n) is 4.02. The third-order valence-corrected chi connectivity index (χ3v) is 6.12. The number of hydrogen-bond acceptors (Lipinski definition) is 5. The van der Waals surface area contributed by atoms with E-state index < -0.39 is 0 Å². The Labute approximate surface area is 186 Å². The molecule has 146 valence electrons. The van der Waals surface area contributed by atoms with Crippen LogP contribution in [0.25, 0.3) is 6.08 Å². The van der Waals surface area contributed by atoms with E-state index in [4.69, 9.17) is 21.1 Å². The van der Waals surface area contributed by atoms with Gasteiger partial charge < -0.3 is 9.47 Å². The van der Waals surface area contributed by atoms with Crippen LogP contribution in [0.4, 0.5) is 0 Å². The van der Waals surface area contributed by atoms with E-state index in [-0.39, 0.29) is 5.91 Å². The number of carbonyl (C=O) groups is 1. The van der Waals surface area contributed by atoms with Crippen molar-refractivity contribution < 1.29 is 14.3 Å². The number of hydrogen-bond donors (Lipinski definition) is 0. The molecule has 0 radical (unpaired) electrons. The van der Waals surface area contributed by atoms with Gasteiger partial charge in [0.1, 0.15) is 6.61 Å². The van der Waals surface area contributed by atoms with Crippen molar-refractivity contribution in [2.45, 2.75) is 6.61 Å². The second-order valence-electron chi connectivity index (χ2n) is 5.93. The van der Waals surface area contributed by atoms with Crippen LogP contribution < -0.4 is 9.47 Å². The molecule has 0 unspecified atom stereocenters. The fraction of sp³-hybridized carbons (Fsp3) is 0.200. The largest absolute Gasteiger partial charge is 0.493 e. The van der Waals surface area contributed by atoms with E-state index in [9.17, 15) is 4.79 Å². The molecule has 0 aliphatic carbocycles. The molecule has 1 saturated heterocycles. The Morgan fingerprint density at radius 3 is 2.75 bits per heavy atom. The van der Waals surface area contributed by atoms with Crippen molar-refractivity contribution in [3.63, 3.8) is 0 Å². The van der Waals surface area contributed by atoms with Crippen molar-refractivity contribution in [1.82, 2.24) is 4.90 Å². The first-order valence-electron chi connectivity index (χ1n) is 8.32. The fourth-order valence-electron chi connectivity index (χ4n) is 2.65. The first-order valence-corrected chi connectivity index (χ1v) is 10.6. The highest BCUT2D eigenvalue weighted by Crippen LogP contribution is 2.39. The van der Waals surface area contributed by atoms with Crippen LogP contribution in [-0.4, -0.2) is 37.2 Å². The minimum Gasteiger partial charge on any atom is -0.493 e. The van der Waals surface area contributed by atoms with E-state index in [0.29, 0.717) is 33.2 Å². The smallest absolute Gasteiger partial charge is 0.266 e. The van der Waals surface area contributed by atoms with Crippen molar-refractivity contribution >= 4 is 63.1 Å². The summed E-state index contributed by atoms with van der Waals surface area (Å²) in [5, 5.41) is 1.08. The molecule has 3 rings (SSSR count). The Morgan fingerprint density at radius 1 is 1.32 bits per heavy atom. The average Bonchev–Trinajstić information content (AvgIpc) is 2.94. The summed E-state index contributed by atoms with van der Waals surface area (Å²) in [5.41, 5.74) is 1.80. The number of methoxy groups -OCH3 is 1. The Morgan fingerprint density at radius 2 is 2.11 bits per heavy atom. The molecule has 2 aromatic rings. The topological polar surface area (TPSA) is 51.1 Å². The highest BCUT2D eigenvalue weighted by Gasteiger charge is 2.29. The van der Waals surface area contributed by atoms with Gasteiger partial charge in [-0.2, -0.15) is 0 Å². The van der Waals surface area contributed by atoms with Crippen LogP contribution in [0.5, 0.6) is 11.5 Å². The number of amidine groups is 1. The average molecular weight is 529 g/mol. The van der Waals surface area contributed by atoms with Crippen molar-refractivity contribution in [2.24, 2.45) is 4.99 Å². The van der Waals surface area contributed by atoms with Gasteiger partial charge in [-0.25, -0.2) is 0 Å².